The van der Waals surface area contributed by atoms with Crippen molar-refractivity contribution in [1.29, 1.82) is 0 Å². The molecule has 18 heavy (non-hydrogen) atoms. The molecule has 0 amide bonds. The topological polar surface area (TPSA) is 37.3 Å². The second-order valence-electron chi connectivity index (χ2n) is 4.68. The van der Waals surface area contributed by atoms with E-state index >= 15 is 0 Å². The SMILES string of the molecule is C/C(=C\C=C\C(=O)O)c1c(C)c(C)cc(C)c1C. The number of benzene rings is 1. The summed E-state index contributed by atoms with van der Waals surface area (Å²) < 4.78 is 0. The number of carboxylic acids is 1. The third-order valence-electron chi connectivity index (χ3n) is 3.35. The van der Waals surface area contributed by atoms with Crippen molar-refractivity contribution in [2.75, 3.05) is 0 Å². The van der Waals surface area contributed by atoms with Gasteiger partial charge in [0.2, 0.25) is 0 Å². The maximum Gasteiger partial charge on any atom is 0.328 e. The summed E-state index contributed by atoms with van der Waals surface area (Å²) in [6.07, 6.45) is 4.58. The lowest BCUT2D eigenvalue weighted by atomic mass is 9.90. The zero-order valence-corrected chi connectivity index (χ0v) is 11.7. The molecular formula is C16H20O2. The lowest BCUT2D eigenvalue weighted by Gasteiger charge is -2.15. The van der Waals surface area contributed by atoms with Crippen molar-refractivity contribution >= 4 is 11.5 Å². The van der Waals surface area contributed by atoms with Gasteiger partial charge < -0.3 is 5.11 Å². The van der Waals surface area contributed by atoms with Gasteiger partial charge in [0, 0.05) is 6.08 Å². The first kappa shape index (κ1) is 14.2. The largest absolute Gasteiger partial charge is 0.478 e. The molecule has 2 nitrogen and oxygen atoms in total. The first-order chi connectivity index (χ1) is 8.34. The highest BCUT2D eigenvalue weighted by atomic mass is 16.4. The number of aryl methyl sites for hydroxylation is 2. The fourth-order valence-corrected chi connectivity index (χ4v) is 2.17. The molecule has 0 spiro atoms. The average Bonchev–Trinajstić information content (AvgIpc) is 2.26. The monoisotopic (exact) mass is 244 g/mol. The lowest BCUT2D eigenvalue weighted by molar-refractivity contribution is -0.131. The van der Waals surface area contributed by atoms with Crippen molar-refractivity contribution in [3.63, 3.8) is 0 Å². The Kier molecular flexibility index (Phi) is 4.49. The highest BCUT2D eigenvalue weighted by Crippen LogP contribution is 2.27. The number of allylic oxidation sites excluding steroid dienone is 3. The molecule has 1 N–H and O–H groups in total. The van der Waals surface area contributed by atoms with E-state index in [1.54, 1.807) is 6.08 Å². The molecule has 0 bridgehead atoms. The van der Waals surface area contributed by atoms with E-state index in [9.17, 15) is 4.79 Å². The van der Waals surface area contributed by atoms with Gasteiger partial charge in [0.25, 0.3) is 0 Å². The standard InChI is InChI=1S/C16H20O2/c1-10(7-6-8-15(17)18)16-13(4)11(2)9-12(3)14(16)5/h6-9H,1-5H3,(H,17,18)/b8-6+,10-7+. The molecule has 0 fully saturated rings. The van der Waals surface area contributed by atoms with Crippen molar-refractivity contribution in [1.82, 2.24) is 0 Å². The molecule has 0 saturated heterocycles. The van der Waals surface area contributed by atoms with Crippen molar-refractivity contribution in [2.24, 2.45) is 0 Å². The van der Waals surface area contributed by atoms with E-state index < -0.39 is 5.97 Å². The number of hydrogen-bond acceptors (Lipinski definition) is 1. The van der Waals surface area contributed by atoms with Crippen LogP contribution < -0.4 is 0 Å². The number of carboxylic acid groups (broad SMARTS) is 1. The highest BCUT2D eigenvalue weighted by Gasteiger charge is 2.09. The van der Waals surface area contributed by atoms with Crippen LogP contribution >= 0.6 is 0 Å². The van der Waals surface area contributed by atoms with E-state index in [1.165, 1.54) is 27.8 Å². The predicted octanol–water partition coefficient (Wildman–Crippen LogP) is 3.96. The quantitative estimate of drug-likeness (QED) is 0.645. The van der Waals surface area contributed by atoms with E-state index in [-0.39, 0.29) is 0 Å². The Morgan fingerprint density at radius 2 is 1.61 bits per heavy atom. The van der Waals surface area contributed by atoms with Gasteiger partial charge in [0.15, 0.2) is 0 Å². The molecule has 1 rings (SSSR count). The zero-order valence-electron chi connectivity index (χ0n) is 11.7. The van der Waals surface area contributed by atoms with Gasteiger partial charge in [-0.15, -0.1) is 0 Å². The molecule has 0 atom stereocenters. The number of aliphatic carboxylic acids is 1. The van der Waals surface area contributed by atoms with Crippen LogP contribution in [-0.2, 0) is 4.79 Å². The Hall–Kier alpha value is -1.83. The number of rotatable bonds is 3. The first-order valence-corrected chi connectivity index (χ1v) is 6.00. The Balaban J connectivity index is 3.29. The molecule has 0 aliphatic heterocycles. The van der Waals surface area contributed by atoms with Gasteiger partial charge >= 0.3 is 5.97 Å². The summed E-state index contributed by atoms with van der Waals surface area (Å²) in [7, 11) is 0. The zero-order chi connectivity index (χ0) is 13.9. The van der Waals surface area contributed by atoms with Crippen LogP contribution in [0.2, 0.25) is 0 Å². The minimum absolute atomic E-state index is 0.923. The van der Waals surface area contributed by atoms with Crippen LogP contribution in [0.1, 0.15) is 34.7 Å². The van der Waals surface area contributed by atoms with Crippen LogP contribution in [0.5, 0.6) is 0 Å². The van der Waals surface area contributed by atoms with Crippen molar-refractivity contribution < 1.29 is 9.90 Å². The molecule has 0 radical (unpaired) electrons. The molecule has 0 unspecified atom stereocenters. The van der Waals surface area contributed by atoms with Gasteiger partial charge in [-0.25, -0.2) is 4.79 Å². The van der Waals surface area contributed by atoms with Gasteiger partial charge in [0.05, 0.1) is 0 Å². The minimum atomic E-state index is -0.923. The molecule has 0 aliphatic carbocycles. The molecule has 0 saturated carbocycles. The van der Waals surface area contributed by atoms with Gasteiger partial charge in [-0.1, -0.05) is 18.2 Å². The summed E-state index contributed by atoms with van der Waals surface area (Å²) in [4.78, 5) is 10.4. The number of hydrogen-bond donors (Lipinski definition) is 1. The van der Waals surface area contributed by atoms with Crippen molar-refractivity contribution in [2.45, 2.75) is 34.6 Å². The maximum atomic E-state index is 10.4. The first-order valence-electron chi connectivity index (χ1n) is 6.00. The van der Waals surface area contributed by atoms with E-state index in [2.05, 4.69) is 33.8 Å². The molecule has 1 aromatic carbocycles. The highest BCUT2D eigenvalue weighted by molar-refractivity contribution is 5.81. The van der Waals surface area contributed by atoms with Crippen molar-refractivity contribution in [3.05, 3.63) is 52.1 Å². The van der Waals surface area contributed by atoms with E-state index in [1.807, 2.05) is 13.0 Å². The van der Waals surface area contributed by atoms with Gasteiger partial charge in [-0.2, -0.15) is 0 Å². The van der Waals surface area contributed by atoms with Gasteiger partial charge in [0.1, 0.15) is 0 Å². The third kappa shape index (κ3) is 3.10. The van der Waals surface area contributed by atoms with Gasteiger partial charge in [-0.05, 0) is 68.0 Å². The molecule has 2 heteroatoms. The molecule has 1 aromatic rings. The second-order valence-corrected chi connectivity index (χ2v) is 4.68. The molecule has 0 aliphatic rings. The maximum absolute atomic E-state index is 10.4. The average molecular weight is 244 g/mol. The normalized spacial score (nSPS) is 12.2. The van der Waals surface area contributed by atoms with Gasteiger partial charge in [-0.3, -0.25) is 0 Å². The number of carbonyl (C=O) groups is 1. The van der Waals surface area contributed by atoms with Crippen LogP contribution in [0, 0.1) is 27.7 Å². The Labute approximate surface area is 109 Å². The molecule has 0 aromatic heterocycles. The minimum Gasteiger partial charge on any atom is -0.478 e. The fourth-order valence-electron chi connectivity index (χ4n) is 2.17. The molecular weight excluding hydrogens is 224 g/mol. The predicted molar refractivity (Wildman–Crippen MR) is 75.8 cm³/mol. The Morgan fingerprint density at radius 3 is 2.06 bits per heavy atom. The fraction of sp³-hybridized carbons (Fsp3) is 0.312. The summed E-state index contributed by atoms with van der Waals surface area (Å²) in [6, 6.07) is 2.19. The molecule has 96 valence electrons. The summed E-state index contributed by atoms with van der Waals surface area (Å²) in [5.41, 5.74) is 7.37. The van der Waals surface area contributed by atoms with Crippen LogP contribution in [0.25, 0.3) is 5.57 Å². The van der Waals surface area contributed by atoms with Crippen LogP contribution in [0.4, 0.5) is 0 Å². The Morgan fingerprint density at radius 1 is 1.11 bits per heavy atom. The van der Waals surface area contributed by atoms with Crippen LogP contribution in [-0.4, -0.2) is 11.1 Å². The Bertz CT molecular complexity index is 508. The van der Waals surface area contributed by atoms with E-state index in [4.69, 9.17) is 5.11 Å². The summed E-state index contributed by atoms with van der Waals surface area (Å²) in [6.45, 7) is 10.4. The van der Waals surface area contributed by atoms with E-state index in [0.717, 1.165) is 11.6 Å². The lowest BCUT2D eigenvalue weighted by Crippen LogP contribution is -1.97. The third-order valence-corrected chi connectivity index (χ3v) is 3.35. The van der Waals surface area contributed by atoms with E-state index in [0.29, 0.717) is 0 Å². The summed E-state index contributed by atoms with van der Waals surface area (Å²) in [5, 5.41) is 8.58. The molecule has 0 heterocycles. The summed E-state index contributed by atoms with van der Waals surface area (Å²) >= 11 is 0. The van der Waals surface area contributed by atoms with Crippen LogP contribution in [0.15, 0.2) is 24.3 Å². The van der Waals surface area contributed by atoms with Crippen molar-refractivity contribution in [3.8, 4) is 0 Å². The van der Waals surface area contributed by atoms with Crippen LogP contribution in [0.3, 0.4) is 0 Å². The second kappa shape index (κ2) is 5.67. The smallest absolute Gasteiger partial charge is 0.328 e. The summed E-state index contributed by atoms with van der Waals surface area (Å²) in [5.74, 6) is -0.923.